The Morgan fingerprint density at radius 1 is 1.33 bits per heavy atom. The van der Waals surface area contributed by atoms with Crippen LogP contribution in [0, 0.1) is 5.92 Å². The lowest BCUT2D eigenvalue weighted by Crippen LogP contribution is -2.00. The van der Waals surface area contributed by atoms with Crippen LogP contribution < -0.4 is 5.73 Å². The predicted octanol–water partition coefficient (Wildman–Crippen LogP) is 2.63. The van der Waals surface area contributed by atoms with E-state index in [0.717, 1.165) is 37.7 Å². The molecule has 82 valence electrons. The van der Waals surface area contributed by atoms with Crippen LogP contribution in [0.15, 0.2) is 24.3 Å². The summed E-state index contributed by atoms with van der Waals surface area (Å²) >= 11 is 0. The Kier molecular flexibility index (Phi) is 3.62. The van der Waals surface area contributed by atoms with Crippen LogP contribution >= 0.6 is 0 Å². The summed E-state index contributed by atoms with van der Waals surface area (Å²) in [6.45, 7) is 1.85. The highest BCUT2D eigenvalue weighted by Gasteiger charge is 2.20. The fraction of sp³-hybridized carbons (Fsp3) is 0.538. The maximum atomic E-state index is 5.71. The van der Waals surface area contributed by atoms with E-state index in [4.69, 9.17) is 10.5 Å². The van der Waals surface area contributed by atoms with Gasteiger partial charge in [0.2, 0.25) is 0 Å². The molecule has 0 atom stereocenters. The van der Waals surface area contributed by atoms with E-state index in [1.54, 1.807) is 0 Å². The zero-order valence-corrected chi connectivity index (χ0v) is 9.11. The fourth-order valence-electron chi connectivity index (χ4n) is 1.66. The third kappa shape index (κ3) is 3.92. The maximum absolute atomic E-state index is 5.71. The van der Waals surface area contributed by atoms with Crippen molar-refractivity contribution in [3.8, 4) is 0 Å². The molecule has 0 radical (unpaired) electrons. The highest BCUT2D eigenvalue weighted by atomic mass is 16.5. The summed E-state index contributed by atoms with van der Waals surface area (Å²) in [5.74, 6) is 0.873. The molecule has 0 aromatic heterocycles. The molecule has 0 bridgehead atoms. The first kappa shape index (κ1) is 10.5. The number of hydrogen-bond donors (Lipinski definition) is 1. The Hall–Kier alpha value is -1.02. The van der Waals surface area contributed by atoms with Crippen LogP contribution in [0.5, 0.6) is 0 Å². The zero-order chi connectivity index (χ0) is 10.5. The van der Waals surface area contributed by atoms with E-state index < -0.39 is 0 Å². The first-order chi connectivity index (χ1) is 7.34. The highest BCUT2D eigenvalue weighted by molar-refractivity contribution is 5.40. The second-order valence-corrected chi connectivity index (χ2v) is 4.37. The van der Waals surface area contributed by atoms with Crippen molar-refractivity contribution in [3.63, 3.8) is 0 Å². The SMILES string of the molecule is Nc1cccc(CCCOCC2CC2)c1. The number of aryl methyl sites for hydroxylation is 1. The van der Waals surface area contributed by atoms with Crippen LogP contribution in [-0.4, -0.2) is 13.2 Å². The summed E-state index contributed by atoms with van der Waals surface area (Å²) in [6.07, 6.45) is 4.90. The molecule has 2 rings (SSSR count). The van der Waals surface area contributed by atoms with Gasteiger partial charge in [-0.05, 0) is 49.3 Å². The Labute approximate surface area is 91.4 Å². The lowest BCUT2D eigenvalue weighted by Gasteiger charge is -2.04. The molecule has 1 aliphatic carbocycles. The van der Waals surface area contributed by atoms with E-state index in [9.17, 15) is 0 Å². The number of nitrogens with two attached hydrogens (primary N) is 1. The molecule has 15 heavy (non-hydrogen) atoms. The van der Waals surface area contributed by atoms with E-state index in [-0.39, 0.29) is 0 Å². The van der Waals surface area contributed by atoms with E-state index >= 15 is 0 Å². The van der Waals surface area contributed by atoms with Gasteiger partial charge in [-0.1, -0.05) is 12.1 Å². The average molecular weight is 205 g/mol. The van der Waals surface area contributed by atoms with Gasteiger partial charge in [0.25, 0.3) is 0 Å². The first-order valence-electron chi connectivity index (χ1n) is 5.77. The third-order valence-corrected chi connectivity index (χ3v) is 2.76. The number of nitrogen functional groups attached to an aromatic ring is 1. The lowest BCUT2D eigenvalue weighted by molar-refractivity contribution is 0.122. The van der Waals surface area contributed by atoms with Gasteiger partial charge in [0, 0.05) is 18.9 Å². The number of rotatable bonds is 6. The largest absolute Gasteiger partial charge is 0.399 e. The molecule has 1 aromatic rings. The van der Waals surface area contributed by atoms with Crippen molar-refractivity contribution in [1.29, 1.82) is 0 Å². The van der Waals surface area contributed by atoms with E-state index in [0.29, 0.717) is 0 Å². The quantitative estimate of drug-likeness (QED) is 0.572. The van der Waals surface area contributed by atoms with Crippen molar-refractivity contribution < 1.29 is 4.74 Å². The molecule has 2 nitrogen and oxygen atoms in total. The predicted molar refractivity (Wildman–Crippen MR) is 62.7 cm³/mol. The number of hydrogen-bond acceptors (Lipinski definition) is 2. The molecular weight excluding hydrogens is 186 g/mol. The highest BCUT2D eigenvalue weighted by Crippen LogP contribution is 2.28. The van der Waals surface area contributed by atoms with Crippen LogP contribution in [0.25, 0.3) is 0 Å². The van der Waals surface area contributed by atoms with Crippen molar-refractivity contribution in [3.05, 3.63) is 29.8 Å². The van der Waals surface area contributed by atoms with Gasteiger partial charge in [-0.3, -0.25) is 0 Å². The number of ether oxygens (including phenoxy) is 1. The molecule has 0 spiro atoms. The van der Waals surface area contributed by atoms with Gasteiger partial charge in [0.1, 0.15) is 0 Å². The van der Waals surface area contributed by atoms with Crippen molar-refractivity contribution in [2.24, 2.45) is 5.92 Å². The summed E-state index contributed by atoms with van der Waals surface area (Å²) in [6, 6.07) is 8.10. The molecule has 1 aromatic carbocycles. The Balaban J connectivity index is 1.60. The minimum Gasteiger partial charge on any atom is -0.399 e. The minimum atomic E-state index is 0.853. The van der Waals surface area contributed by atoms with Gasteiger partial charge >= 0.3 is 0 Å². The van der Waals surface area contributed by atoms with Crippen molar-refractivity contribution in [2.75, 3.05) is 18.9 Å². The van der Waals surface area contributed by atoms with Crippen LogP contribution in [0.2, 0.25) is 0 Å². The lowest BCUT2D eigenvalue weighted by atomic mass is 10.1. The normalized spacial score (nSPS) is 15.5. The zero-order valence-electron chi connectivity index (χ0n) is 9.11. The van der Waals surface area contributed by atoms with Crippen LogP contribution in [0.1, 0.15) is 24.8 Å². The molecular formula is C13H19NO. The number of anilines is 1. The molecule has 0 amide bonds. The van der Waals surface area contributed by atoms with E-state index in [1.165, 1.54) is 18.4 Å². The average Bonchev–Trinajstić information content (AvgIpc) is 3.01. The van der Waals surface area contributed by atoms with Gasteiger partial charge in [-0.25, -0.2) is 0 Å². The molecule has 2 N–H and O–H groups in total. The molecule has 1 aliphatic rings. The van der Waals surface area contributed by atoms with Gasteiger partial charge in [-0.15, -0.1) is 0 Å². The second-order valence-electron chi connectivity index (χ2n) is 4.37. The summed E-state index contributed by atoms with van der Waals surface area (Å²) in [4.78, 5) is 0. The summed E-state index contributed by atoms with van der Waals surface area (Å²) in [5, 5.41) is 0. The summed E-state index contributed by atoms with van der Waals surface area (Å²) in [7, 11) is 0. The smallest absolute Gasteiger partial charge is 0.0494 e. The van der Waals surface area contributed by atoms with Gasteiger partial charge < -0.3 is 10.5 Å². The molecule has 1 fully saturated rings. The molecule has 0 heterocycles. The second kappa shape index (κ2) is 5.17. The van der Waals surface area contributed by atoms with Crippen LogP contribution in [0.3, 0.4) is 0 Å². The van der Waals surface area contributed by atoms with Gasteiger partial charge in [0.05, 0.1) is 0 Å². The first-order valence-corrected chi connectivity index (χ1v) is 5.77. The molecule has 2 heteroatoms. The molecule has 0 saturated heterocycles. The fourth-order valence-corrected chi connectivity index (χ4v) is 1.66. The minimum absolute atomic E-state index is 0.853. The standard InChI is InChI=1S/C13H19NO/c14-13-5-1-3-11(9-13)4-2-8-15-10-12-6-7-12/h1,3,5,9,12H,2,4,6-8,10,14H2. The van der Waals surface area contributed by atoms with Crippen molar-refractivity contribution in [1.82, 2.24) is 0 Å². The van der Waals surface area contributed by atoms with Crippen LogP contribution in [-0.2, 0) is 11.2 Å². The summed E-state index contributed by atoms with van der Waals surface area (Å²) in [5.41, 5.74) is 7.87. The Morgan fingerprint density at radius 2 is 2.20 bits per heavy atom. The van der Waals surface area contributed by atoms with E-state index in [1.807, 2.05) is 18.2 Å². The third-order valence-electron chi connectivity index (χ3n) is 2.76. The maximum Gasteiger partial charge on any atom is 0.0494 e. The number of benzene rings is 1. The molecule has 1 saturated carbocycles. The summed E-state index contributed by atoms with van der Waals surface area (Å²) < 4.78 is 5.58. The van der Waals surface area contributed by atoms with Crippen LogP contribution in [0.4, 0.5) is 5.69 Å². The Morgan fingerprint density at radius 3 is 2.93 bits per heavy atom. The van der Waals surface area contributed by atoms with Gasteiger partial charge in [0.15, 0.2) is 0 Å². The van der Waals surface area contributed by atoms with Crippen molar-refractivity contribution >= 4 is 5.69 Å². The van der Waals surface area contributed by atoms with Crippen molar-refractivity contribution in [2.45, 2.75) is 25.7 Å². The van der Waals surface area contributed by atoms with Gasteiger partial charge in [-0.2, -0.15) is 0 Å². The monoisotopic (exact) mass is 205 g/mol. The molecule has 0 aliphatic heterocycles. The Bertz CT molecular complexity index is 307. The topological polar surface area (TPSA) is 35.2 Å². The van der Waals surface area contributed by atoms with E-state index in [2.05, 4.69) is 6.07 Å². The molecule has 0 unspecified atom stereocenters.